The summed E-state index contributed by atoms with van der Waals surface area (Å²) in [7, 11) is 0. The highest BCUT2D eigenvalue weighted by Crippen LogP contribution is 2.25. The Hall–Kier alpha value is -1.21. The lowest BCUT2D eigenvalue weighted by Crippen LogP contribution is -1.79. The van der Waals surface area contributed by atoms with E-state index in [2.05, 4.69) is 37.4 Å². The molecule has 0 radical (unpaired) electrons. The molecule has 0 saturated heterocycles. The Morgan fingerprint density at radius 2 is 1.85 bits per heavy atom. The predicted molar refractivity (Wildman–Crippen MR) is 61.3 cm³/mol. The minimum Gasteiger partial charge on any atom is -0.143 e. The van der Waals surface area contributed by atoms with Gasteiger partial charge in [0.15, 0.2) is 0 Å². The molecule has 0 aliphatic rings. The molecule has 0 atom stereocenters. The van der Waals surface area contributed by atoms with Gasteiger partial charge in [0.05, 0.1) is 0 Å². The van der Waals surface area contributed by atoms with Gasteiger partial charge in [0, 0.05) is 4.90 Å². The molecule has 1 heteroatoms. The first-order valence-electron chi connectivity index (χ1n) is 4.16. The highest BCUT2D eigenvalue weighted by Gasteiger charge is 1.99. The lowest BCUT2D eigenvalue weighted by molar-refractivity contribution is 1.49. The number of hydrogen-bond donors (Lipinski definition) is 1. The average molecular weight is 186 g/mol. The molecule has 0 nitrogen and oxygen atoms in total. The summed E-state index contributed by atoms with van der Waals surface area (Å²) in [4.78, 5) is 0.980. The normalized spacial score (nSPS) is 10.2. The van der Waals surface area contributed by atoms with E-state index in [-0.39, 0.29) is 0 Å². The van der Waals surface area contributed by atoms with Crippen molar-refractivity contribution in [1.29, 1.82) is 0 Å². The van der Waals surface area contributed by atoms with Crippen LogP contribution in [0.3, 0.4) is 0 Å². The molecule has 64 valence electrons. The van der Waals surface area contributed by atoms with Crippen molar-refractivity contribution >= 4 is 29.5 Å². The van der Waals surface area contributed by atoms with E-state index in [1.165, 1.54) is 10.8 Å². The fraction of sp³-hybridized carbons (Fsp3) is 0. The summed E-state index contributed by atoms with van der Waals surface area (Å²) in [6.07, 6.45) is 1.85. The molecule has 13 heavy (non-hydrogen) atoms. The quantitative estimate of drug-likeness (QED) is 0.644. The Labute approximate surface area is 83.3 Å². The van der Waals surface area contributed by atoms with Crippen LogP contribution in [-0.2, 0) is 0 Å². The van der Waals surface area contributed by atoms with Gasteiger partial charge in [0.2, 0.25) is 0 Å². The summed E-state index contributed by atoms with van der Waals surface area (Å²) >= 11 is 4.38. The van der Waals surface area contributed by atoms with E-state index >= 15 is 0 Å². The van der Waals surface area contributed by atoms with Gasteiger partial charge >= 0.3 is 0 Å². The molecular weight excluding hydrogens is 176 g/mol. The Morgan fingerprint density at radius 3 is 2.62 bits per heavy atom. The van der Waals surface area contributed by atoms with Gasteiger partial charge in [0.25, 0.3) is 0 Å². The number of thiol groups is 1. The van der Waals surface area contributed by atoms with Crippen molar-refractivity contribution in [2.24, 2.45) is 0 Å². The SMILES string of the molecule is C=Cc1c(S)ccc2ccccc12. The van der Waals surface area contributed by atoms with Crippen LogP contribution in [0.1, 0.15) is 5.56 Å². The van der Waals surface area contributed by atoms with Gasteiger partial charge in [-0.05, 0) is 22.4 Å². The third kappa shape index (κ3) is 1.36. The molecule has 0 aliphatic heterocycles. The zero-order valence-electron chi connectivity index (χ0n) is 7.20. The predicted octanol–water partition coefficient (Wildman–Crippen LogP) is 3.77. The summed E-state index contributed by atoms with van der Waals surface area (Å²) in [5.74, 6) is 0. The fourth-order valence-electron chi connectivity index (χ4n) is 1.50. The van der Waals surface area contributed by atoms with E-state index in [1.54, 1.807) is 0 Å². The Bertz CT molecular complexity index is 458. The minimum atomic E-state index is 0.980. The van der Waals surface area contributed by atoms with Crippen molar-refractivity contribution in [2.75, 3.05) is 0 Å². The zero-order chi connectivity index (χ0) is 9.26. The molecule has 0 spiro atoms. The number of fused-ring (bicyclic) bond motifs is 1. The molecular formula is C12H10S. The molecule has 2 rings (SSSR count). The maximum absolute atomic E-state index is 4.38. The van der Waals surface area contributed by atoms with E-state index in [1.807, 2.05) is 24.3 Å². The molecule has 0 aliphatic carbocycles. The highest BCUT2D eigenvalue weighted by atomic mass is 32.1. The van der Waals surface area contributed by atoms with Crippen molar-refractivity contribution in [3.8, 4) is 0 Å². The van der Waals surface area contributed by atoms with Crippen molar-refractivity contribution in [3.63, 3.8) is 0 Å². The van der Waals surface area contributed by atoms with Crippen LogP contribution in [-0.4, -0.2) is 0 Å². The molecule has 0 aromatic heterocycles. The Balaban J connectivity index is 2.91. The maximum Gasteiger partial charge on any atom is 0.0119 e. The largest absolute Gasteiger partial charge is 0.143 e. The fourth-order valence-corrected chi connectivity index (χ4v) is 1.78. The smallest absolute Gasteiger partial charge is 0.0119 e. The second-order valence-corrected chi connectivity index (χ2v) is 3.41. The second kappa shape index (κ2) is 3.27. The van der Waals surface area contributed by atoms with E-state index < -0.39 is 0 Å². The maximum atomic E-state index is 4.38. The van der Waals surface area contributed by atoms with E-state index in [0.717, 1.165) is 10.5 Å². The molecule has 0 amide bonds. The zero-order valence-corrected chi connectivity index (χ0v) is 8.09. The van der Waals surface area contributed by atoms with E-state index in [4.69, 9.17) is 0 Å². The lowest BCUT2D eigenvalue weighted by Gasteiger charge is -2.04. The Morgan fingerprint density at radius 1 is 1.08 bits per heavy atom. The van der Waals surface area contributed by atoms with Crippen LogP contribution in [0, 0.1) is 0 Å². The standard InChI is InChI=1S/C12H10S/c1-2-10-11-6-4-3-5-9(11)7-8-12(10)13/h2-8,13H,1H2. The van der Waals surface area contributed by atoms with Crippen LogP contribution in [0.2, 0.25) is 0 Å². The van der Waals surface area contributed by atoms with Gasteiger partial charge in [0.1, 0.15) is 0 Å². The van der Waals surface area contributed by atoms with Crippen molar-refractivity contribution in [1.82, 2.24) is 0 Å². The summed E-state index contributed by atoms with van der Waals surface area (Å²) < 4.78 is 0. The third-order valence-corrected chi connectivity index (χ3v) is 2.54. The third-order valence-electron chi connectivity index (χ3n) is 2.15. The first kappa shape index (κ1) is 8.39. The molecule has 2 aromatic carbocycles. The van der Waals surface area contributed by atoms with Gasteiger partial charge in [-0.2, -0.15) is 0 Å². The van der Waals surface area contributed by atoms with Crippen LogP contribution in [0.15, 0.2) is 47.9 Å². The summed E-state index contributed by atoms with van der Waals surface area (Å²) in [5.41, 5.74) is 1.11. The molecule has 0 unspecified atom stereocenters. The first-order valence-corrected chi connectivity index (χ1v) is 4.61. The molecule has 0 bridgehead atoms. The summed E-state index contributed by atoms with van der Waals surface area (Å²) in [6, 6.07) is 12.3. The topological polar surface area (TPSA) is 0 Å². The number of hydrogen-bond acceptors (Lipinski definition) is 1. The van der Waals surface area contributed by atoms with E-state index in [0.29, 0.717) is 0 Å². The number of rotatable bonds is 1. The summed E-state index contributed by atoms with van der Waals surface area (Å²) in [5, 5.41) is 2.44. The van der Waals surface area contributed by atoms with Crippen molar-refractivity contribution in [2.45, 2.75) is 4.90 Å². The van der Waals surface area contributed by atoms with Crippen molar-refractivity contribution in [3.05, 3.63) is 48.5 Å². The van der Waals surface area contributed by atoms with Gasteiger partial charge < -0.3 is 0 Å². The average Bonchev–Trinajstić information content (AvgIpc) is 2.18. The van der Waals surface area contributed by atoms with E-state index in [9.17, 15) is 0 Å². The highest BCUT2D eigenvalue weighted by molar-refractivity contribution is 7.80. The molecule has 0 fully saturated rings. The van der Waals surface area contributed by atoms with Crippen LogP contribution in [0.5, 0.6) is 0 Å². The van der Waals surface area contributed by atoms with Crippen LogP contribution < -0.4 is 0 Å². The molecule has 0 N–H and O–H groups in total. The monoisotopic (exact) mass is 186 g/mol. The first-order chi connectivity index (χ1) is 6.33. The Kier molecular flexibility index (Phi) is 2.11. The van der Waals surface area contributed by atoms with Crippen LogP contribution >= 0.6 is 12.6 Å². The molecule has 0 heterocycles. The van der Waals surface area contributed by atoms with Gasteiger partial charge in [-0.3, -0.25) is 0 Å². The van der Waals surface area contributed by atoms with Gasteiger partial charge in [-0.1, -0.05) is 43.0 Å². The minimum absolute atomic E-state index is 0.980. The molecule has 2 aromatic rings. The van der Waals surface area contributed by atoms with Crippen LogP contribution in [0.4, 0.5) is 0 Å². The van der Waals surface area contributed by atoms with Crippen molar-refractivity contribution < 1.29 is 0 Å². The number of benzene rings is 2. The van der Waals surface area contributed by atoms with Crippen LogP contribution in [0.25, 0.3) is 16.8 Å². The lowest BCUT2D eigenvalue weighted by atomic mass is 10.0. The van der Waals surface area contributed by atoms with Gasteiger partial charge in [-0.25, -0.2) is 0 Å². The molecule has 0 saturated carbocycles. The second-order valence-electron chi connectivity index (χ2n) is 2.92. The summed E-state index contributed by atoms with van der Waals surface area (Å²) in [6.45, 7) is 3.79. The van der Waals surface area contributed by atoms with Gasteiger partial charge in [-0.15, -0.1) is 12.6 Å².